The number of carbonyl (C=O) groups excluding carboxylic acids is 1. The number of amides is 1. The minimum Gasteiger partial charge on any atom is -0.335 e. The number of nitrogens with zero attached hydrogens (tertiary/aromatic N) is 3. The van der Waals surface area contributed by atoms with Crippen molar-refractivity contribution in [3.63, 3.8) is 0 Å². The van der Waals surface area contributed by atoms with Gasteiger partial charge in [0.25, 0.3) is 5.91 Å². The summed E-state index contributed by atoms with van der Waals surface area (Å²) in [5.74, 6) is 0.0838. The van der Waals surface area contributed by atoms with Gasteiger partial charge in [0, 0.05) is 37.8 Å². The van der Waals surface area contributed by atoms with Crippen LogP contribution in [0.15, 0.2) is 18.2 Å². The van der Waals surface area contributed by atoms with Crippen molar-refractivity contribution in [3.8, 4) is 10.6 Å². The lowest BCUT2D eigenvalue weighted by Gasteiger charge is -2.37. The van der Waals surface area contributed by atoms with E-state index in [1.54, 1.807) is 6.07 Å². The van der Waals surface area contributed by atoms with Gasteiger partial charge in [-0.2, -0.15) is 0 Å². The van der Waals surface area contributed by atoms with Gasteiger partial charge in [-0.3, -0.25) is 9.69 Å². The van der Waals surface area contributed by atoms with E-state index in [0.717, 1.165) is 48.5 Å². The molecule has 0 unspecified atom stereocenters. The Bertz CT molecular complexity index is 840. The van der Waals surface area contributed by atoms with Gasteiger partial charge in [-0.15, -0.1) is 11.3 Å². The second kappa shape index (κ2) is 8.08. The van der Waals surface area contributed by atoms with E-state index in [2.05, 4.69) is 9.88 Å². The topological polar surface area (TPSA) is 36.4 Å². The predicted molar refractivity (Wildman–Crippen MR) is 112 cm³/mol. The molecular weight excluding hydrogens is 401 g/mol. The third-order valence-corrected chi connectivity index (χ3v) is 7.61. The van der Waals surface area contributed by atoms with Crippen molar-refractivity contribution >= 4 is 40.4 Å². The van der Waals surface area contributed by atoms with E-state index < -0.39 is 0 Å². The molecule has 0 atom stereocenters. The summed E-state index contributed by atoms with van der Waals surface area (Å²) in [5, 5.41) is 1.72. The second-order valence-corrected chi connectivity index (χ2v) is 9.09. The molecule has 1 aromatic heterocycles. The molecule has 0 radical (unpaired) electrons. The van der Waals surface area contributed by atoms with Crippen LogP contribution in [-0.4, -0.2) is 52.9 Å². The zero-order valence-corrected chi connectivity index (χ0v) is 17.7. The van der Waals surface area contributed by atoms with Crippen LogP contribution >= 0.6 is 34.5 Å². The average molecular weight is 424 g/mol. The Kier molecular flexibility index (Phi) is 5.74. The molecule has 0 bridgehead atoms. The van der Waals surface area contributed by atoms with E-state index in [1.165, 1.54) is 37.0 Å². The molecule has 1 aromatic carbocycles. The third-order valence-electron chi connectivity index (χ3n) is 5.62. The Morgan fingerprint density at radius 2 is 1.85 bits per heavy atom. The van der Waals surface area contributed by atoms with Gasteiger partial charge in [0.15, 0.2) is 0 Å². The number of piperazine rings is 1. The zero-order chi connectivity index (χ0) is 19.0. The molecule has 144 valence electrons. The van der Waals surface area contributed by atoms with Crippen LogP contribution in [0.5, 0.6) is 0 Å². The largest absolute Gasteiger partial charge is 0.335 e. The maximum absolute atomic E-state index is 13.1. The fourth-order valence-electron chi connectivity index (χ4n) is 4.08. The summed E-state index contributed by atoms with van der Waals surface area (Å²) < 4.78 is 0. The number of aryl methyl sites for hydroxylation is 1. The van der Waals surface area contributed by atoms with Crippen LogP contribution in [0.4, 0.5) is 0 Å². The Balaban J connectivity index is 1.48. The molecule has 1 saturated carbocycles. The van der Waals surface area contributed by atoms with Crippen molar-refractivity contribution < 1.29 is 4.79 Å². The highest BCUT2D eigenvalue weighted by Crippen LogP contribution is 2.37. The van der Waals surface area contributed by atoms with Crippen molar-refractivity contribution in [2.75, 3.05) is 26.2 Å². The van der Waals surface area contributed by atoms with Gasteiger partial charge in [-0.25, -0.2) is 4.98 Å². The minimum absolute atomic E-state index is 0.0838. The Morgan fingerprint density at radius 1 is 1.15 bits per heavy atom. The second-order valence-electron chi connectivity index (χ2n) is 7.30. The van der Waals surface area contributed by atoms with E-state index in [0.29, 0.717) is 14.9 Å². The number of thiazole rings is 1. The maximum Gasteiger partial charge on any atom is 0.265 e. The SMILES string of the molecule is Cc1nc(-c2cccc(Cl)c2Cl)sc1C(=O)N1CCN(C2CCCC2)CC1. The number of carbonyl (C=O) groups is 1. The van der Waals surface area contributed by atoms with Crippen LogP contribution in [0.1, 0.15) is 41.0 Å². The van der Waals surface area contributed by atoms with Crippen LogP contribution in [0.3, 0.4) is 0 Å². The highest BCUT2D eigenvalue weighted by molar-refractivity contribution is 7.17. The smallest absolute Gasteiger partial charge is 0.265 e. The van der Waals surface area contributed by atoms with Crippen molar-refractivity contribution in [2.24, 2.45) is 0 Å². The summed E-state index contributed by atoms with van der Waals surface area (Å²) in [6.07, 6.45) is 5.31. The molecule has 0 N–H and O–H groups in total. The molecule has 27 heavy (non-hydrogen) atoms. The van der Waals surface area contributed by atoms with Gasteiger partial charge in [0.1, 0.15) is 9.88 Å². The van der Waals surface area contributed by atoms with Gasteiger partial charge in [0.2, 0.25) is 0 Å². The minimum atomic E-state index is 0.0838. The van der Waals surface area contributed by atoms with Gasteiger partial charge in [0.05, 0.1) is 15.7 Å². The molecular formula is C20H23Cl2N3OS. The number of rotatable bonds is 3. The monoisotopic (exact) mass is 423 g/mol. The lowest BCUT2D eigenvalue weighted by atomic mass is 10.1. The van der Waals surface area contributed by atoms with Crippen LogP contribution in [0.2, 0.25) is 10.0 Å². The summed E-state index contributed by atoms with van der Waals surface area (Å²) in [4.78, 5) is 22.9. The quantitative estimate of drug-likeness (QED) is 0.686. The lowest BCUT2D eigenvalue weighted by Crippen LogP contribution is -2.51. The summed E-state index contributed by atoms with van der Waals surface area (Å²) in [6.45, 7) is 5.42. The van der Waals surface area contributed by atoms with Crippen LogP contribution < -0.4 is 0 Å². The molecule has 4 rings (SSSR count). The third kappa shape index (κ3) is 3.88. The normalized spacial score (nSPS) is 19.0. The fourth-order valence-corrected chi connectivity index (χ4v) is 5.59. The summed E-state index contributed by atoms with van der Waals surface area (Å²) in [6, 6.07) is 6.22. The van der Waals surface area contributed by atoms with Crippen molar-refractivity contribution in [3.05, 3.63) is 38.8 Å². The summed E-state index contributed by atoms with van der Waals surface area (Å²) in [7, 11) is 0. The van der Waals surface area contributed by atoms with Crippen LogP contribution in [0, 0.1) is 6.92 Å². The molecule has 2 heterocycles. The molecule has 1 amide bonds. The molecule has 2 aliphatic rings. The summed E-state index contributed by atoms with van der Waals surface area (Å²) in [5.41, 5.74) is 1.54. The van der Waals surface area contributed by atoms with Gasteiger partial charge < -0.3 is 4.90 Å². The van der Waals surface area contributed by atoms with Crippen molar-refractivity contribution in [1.82, 2.24) is 14.8 Å². The predicted octanol–water partition coefficient (Wildman–Crippen LogP) is 5.13. The first kappa shape index (κ1) is 19.2. The number of aromatic nitrogens is 1. The van der Waals surface area contributed by atoms with E-state index >= 15 is 0 Å². The molecule has 1 saturated heterocycles. The molecule has 2 aromatic rings. The first-order chi connectivity index (χ1) is 13.0. The standard InChI is InChI=1S/C20H23Cl2N3OS/c1-13-18(27-19(23-13)15-7-4-8-16(21)17(15)22)20(26)25-11-9-24(10-12-25)14-5-2-3-6-14/h4,7-8,14H,2-3,5-6,9-12H2,1H3. The Hall–Kier alpha value is -1.14. The average Bonchev–Trinajstić information content (AvgIpc) is 3.33. The molecule has 1 aliphatic heterocycles. The number of hydrogen-bond donors (Lipinski definition) is 0. The highest BCUT2D eigenvalue weighted by Gasteiger charge is 2.30. The van der Waals surface area contributed by atoms with E-state index in [9.17, 15) is 4.79 Å². The number of benzene rings is 1. The van der Waals surface area contributed by atoms with Gasteiger partial charge in [-0.05, 0) is 25.8 Å². The fraction of sp³-hybridized carbons (Fsp3) is 0.500. The molecule has 2 fully saturated rings. The van der Waals surface area contributed by atoms with E-state index in [4.69, 9.17) is 23.2 Å². The zero-order valence-electron chi connectivity index (χ0n) is 15.4. The number of hydrogen-bond acceptors (Lipinski definition) is 4. The highest BCUT2D eigenvalue weighted by atomic mass is 35.5. The van der Waals surface area contributed by atoms with Crippen LogP contribution in [-0.2, 0) is 0 Å². The van der Waals surface area contributed by atoms with E-state index in [-0.39, 0.29) is 5.91 Å². The summed E-state index contributed by atoms with van der Waals surface area (Å²) >= 11 is 13.9. The molecule has 4 nitrogen and oxygen atoms in total. The first-order valence-electron chi connectivity index (χ1n) is 9.49. The van der Waals surface area contributed by atoms with Crippen molar-refractivity contribution in [1.29, 1.82) is 0 Å². The molecule has 1 aliphatic carbocycles. The van der Waals surface area contributed by atoms with Gasteiger partial charge >= 0.3 is 0 Å². The lowest BCUT2D eigenvalue weighted by molar-refractivity contribution is 0.0577. The molecule has 7 heteroatoms. The Morgan fingerprint density at radius 3 is 2.56 bits per heavy atom. The number of halogens is 2. The first-order valence-corrected chi connectivity index (χ1v) is 11.1. The van der Waals surface area contributed by atoms with Crippen LogP contribution in [0.25, 0.3) is 10.6 Å². The molecule has 0 spiro atoms. The van der Waals surface area contributed by atoms with Crippen molar-refractivity contribution in [2.45, 2.75) is 38.6 Å². The van der Waals surface area contributed by atoms with E-state index in [1.807, 2.05) is 24.0 Å². The maximum atomic E-state index is 13.1. The Labute approximate surface area is 174 Å². The van der Waals surface area contributed by atoms with Gasteiger partial charge in [-0.1, -0.05) is 48.2 Å².